The highest BCUT2D eigenvalue weighted by Crippen LogP contribution is 2.54. The molecule has 3 unspecified atom stereocenters. The summed E-state index contributed by atoms with van der Waals surface area (Å²) < 4.78 is 0. The van der Waals surface area contributed by atoms with Gasteiger partial charge in [-0.2, -0.15) is 0 Å². The molecule has 2 saturated carbocycles. The molecule has 1 amide bonds. The van der Waals surface area contributed by atoms with Gasteiger partial charge in [-0.15, -0.1) is 0 Å². The second-order valence-electron chi connectivity index (χ2n) is 6.58. The summed E-state index contributed by atoms with van der Waals surface area (Å²) in [4.78, 5) is 17.0. The summed E-state index contributed by atoms with van der Waals surface area (Å²) in [5.74, 6) is 2.59. The lowest BCUT2D eigenvalue weighted by Crippen LogP contribution is -2.54. The van der Waals surface area contributed by atoms with Crippen LogP contribution in [-0.4, -0.2) is 54.5 Å². The molecule has 1 heterocycles. The van der Waals surface area contributed by atoms with Gasteiger partial charge < -0.3 is 10.6 Å². The van der Waals surface area contributed by atoms with Crippen LogP contribution in [0.5, 0.6) is 0 Å². The van der Waals surface area contributed by atoms with E-state index in [4.69, 9.17) is 5.73 Å². The zero-order valence-electron chi connectivity index (χ0n) is 12.1. The largest absolute Gasteiger partial charge is 0.340 e. The third kappa shape index (κ3) is 2.65. The van der Waals surface area contributed by atoms with Gasteiger partial charge in [0.05, 0.1) is 0 Å². The second kappa shape index (κ2) is 5.41. The summed E-state index contributed by atoms with van der Waals surface area (Å²) in [6.45, 7) is 6.74. The van der Waals surface area contributed by atoms with Crippen molar-refractivity contribution in [2.24, 2.45) is 23.5 Å². The fraction of sp³-hybridized carbons (Fsp3) is 0.933. The Bertz CT molecular complexity index is 324. The lowest BCUT2D eigenvalue weighted by atomic mass is 10.0. The number of hydrogen-bond donors (Lipinski definition) is 1. The van der Waals surface area contributed by atoms with E-state index in [1.165, 1.54) is 19.3 Å². The van der Waals surface area contributed by atoms with E-state index in [0.717, 1.165) is 51.0 Å². The summed E-state index contributed by atoms with van der Waals surface area (Å²) >= 11 is 0. The minimum Gasteiger partial charge on any atom is -0.340 e. The van der Waals surface area contributed by atoms with Gasteiger partial charge in [0, 0.05) is 44.7 Å². The highest BCUT2D eigenvalue weighted by Gasteiger charge is 2.48. The van der Waals surface area contributed by atoms with Crippen LogP contribution in [0.25, 0.3) is 0 Å². The smallest absolute Gasteiger partial charge is 0.225 e. The Labute approximate surface area is 116 Å². The molecule has 3 fully saturated rings. The third-order valence-corrected chi connectivity index (χ3v) is 5.48. The first-order valence-corrected chi connectivity index (χ1v) is 7.95. The Hall–Kier alpha value is -0.610. The summed E-state index contributed by atoms with van der Waals surface area (Å²) in [5.41, 5.74) is 5.81. The predicted octanol–water partition coefficient (Wildman–Crippen LogP) is 0.914. The Balaban J connectivity index is 1.48. The summed E-state index contributed by atoms with van der Waals surface area (Å²) in [6.07, 6.45) is 4.84. The van der Waals surface area contributed by atoms with Crippen LogP contribution in [0.1, 0.15) is 32.6 Å². The molecule has 0 bridgehead atoms. The first-order chi connectivity index (χ1) is 9.22. The van der Waals surface area contributed by atoms with Crippen molar-refractivity contribution in [3.8, 4) is 0 Å². The highest BCUT2D eigenvalue weighted by molar-refractivity contribution is 5.79. The van der Waals surface area contributed by atoms with Crippen molar-refractivity contribution < 1.29 is 4.79 Å². The van der Waals surface area contributed by atoms with Crippen LogP contribution in [0.15, 0.2) is 0 Å². The molecule has 108 valence electrons. The van der Waals surface area contributed by atoms with E-state index in [9.17, 15) is 4.79 Å². The highest BCUT2D eigenvalue weighted by atomic mass is 16.2. The average molecular weight is 265 g/mol. The summed E-state index contributed by atoms with van der Waals surface area (Å²) in [6, 6.07) is 0.497. The van der Waals surface area contributed by atoms with Crippen LogP contribution in [0.4, 0.5) is 0 Å². The normalized spacial score (nSPS) is 36.1. The lowest BCUT2D eigenvalue weighted by molar-refractivity contribution is -0.137. The monoisotopic (exact) mass is 265 g/mol. The van der Waals surface area contributed by atoms with Crippen molar-refractivity contribution in [1.82, 2.24) is 9.80 Å². The zero-order valence-corrected chi connectivity index (χ0v) is 12.1. The molecule has 0 aromatic rings. The SMILES string of the molecule is CCC(CN)N1CCN(C(=O)C2CC3CC3C2)CC1. The van der Waals surface area contributed by atoms with Crippen molar-refractivity contribution in [3.63, 3.8) is 0 Å². The van der Waals surface area contributed by atoms with Crippen molar-refractivity contribution in [2.45, 2.75) is 38.6 Å². The maximum atomic E-state index is 12.5. The van der Waals surface area contributed by atoms with Gasteiger partial charge in [0.1, 0.15) is 0 Å². The van der Waals surface area contributed by atoms with E-state index >= 15 is 0 Å². The van der Waals surface area contributed by atoms with Crippen LogP contribution in [0, 0.1) is 17.8 Å². The predicted molar refractivity (Wildman–Crippen MR) is 75.6 cm³/mol. The topological polar surface area (TPSA) is 49.6 Å². The lowest BCUT2D eigenvalue weighted by Gasteiger charge is -2.39. The number of piperazine rings is 1. The first kappa shape index (κ1) is 13.4. The van der Waals surface area contributed by atoms with Gasteiger partial charge in [0.2, 0.25) is 5.91 Å². The van der Waals surface area contributed by atoms with Crippen molar-refractivity contribution >= 4 is 5.91 Å². The molecule has 2 aliphatic carbocycles. The third-order valence-electron chi connectivity index (χ3n) is 5.48. The van der Waals surface area contributed by atoms with Gasteiger partial charge in [-0.3, -0.25) is 9.69 Å². The van der Waals surface area contributed by atoms with Crippen molar-refractivity contribution in [1.29, 1.82) is 0 Å². The molecule has 1 aliphatic heterocycles. The number of nitrogens with zero attached hydrogens (tertiary/aromatic N) is 2. The van der Waals surface area contributed by atoms with E-state index < -0.39 is 0 Å². The molecule has 4 nitrogen and oxygen atoms in total. The Morgan fingerprint density at radius 3 is 2.32 bits per heavy atom. The van der Waals surface area contributed by atoms with Gasteiger partial charge >= 0.3 is 0 Å². The molecule has 0 aromatic heterocycles. The van der Waals surface area contributed by atoms with E-state index in [1.807, 2.05) is 0 Å². The molecule has 19 heavy (non-hydrogen) atoms. The summed E-state index contributed by atoms with van der Waals surface area (Å²) in [5, 5.41) is 0. The first-order valence-electron chi connectivity index (χ1n) is 7.95. The number of carbonyl (C=O) groups excluding carboxylic acids is 1. The van der Waals surface area contributed by atoms with E-state index in [2.05, 4.69) is 16.7 Å². The second-order valence-corrected chi connectivity index (χ2v) is 6.58. The van der Waals surface area contributed by atoms with E-state index in [0.29, 0.717) is 17.9 Å². The quantitative estimate of drug-likeness (QED) is 0.822. The Morgan fingerprint density at radius 2 is 1.79 bits per heavy atom. The van der Waals surface area contributed by atoms with E-state index in [1.54, 1.807) is 0 Å². The molecule has 3 rings (SSSR count). The van der Waals surface area contributed by atoms with Crippen LogP contribution < -0.4 is 5.73 Å². The molecule has 4 heteroatoms. The molecular formula is C15H27N3O. The van der Waals surface area contributed by atoms with Crippen LogP contribution in [0.3, 0.4) is 0 Å². The van der Waals surface area contributed by atoms with Crippen LogP contribution >= 0.6 is 0 Å². The molecule has 0 aromatic carbocycles. The fourth-order valence-electron chi connectivity index (χ4n) is 4.06. The van der Waals surface area contributed by atoms with Gasteiger partial charge in [-0.05, 0) is 37.5 Å². The molecule has 0 spiro atoms. The molecule has 1 saturated heterocycles. The maximum absolute atomic E-state index is 12.5. The number of amides is 1. The van der Waals surface area contributed by atoms with Gasteiger partial charge in [0.15, 0.2) is 0 Å². The number of nitrogens with two attached hydrogens (primary N) is 1. The van der Waals surface area contributed by atoms with Crippen molar-refractivity contribution in [2.75, 3.05) is 32.7 Å². The minimum atomic E-state index is 0.354. The van der Waals surface area contributed by atoms with Crippen LogP contribution in [0.2, 0.25) is 0 Å². The Morgan fingerprint density at radius 1 is 1.16 bits per heavy atom. The average Bonchev–Trinajstić information content (AvgIpc) is 3.06. The van der Waals surface area contributed by atoms with E-state index in [-0.39, 0.29) is 0 Å². The van der Waals surface area contributed by atoms with Gasteiger partial charge in [-0.25, -0.2) is 0 Å². The number of fused-ring (bicyclic) bond motifs is 1. The Kier molecular flexibility index (Phi) is 3.81. The summed E-state index contributed by atoms with van der Waals surface area (Å²) in [7, 11) is 0. The van der Waals surface area contributed by atoms with Crippen molar-refractivity contribution in [3.05, 3.63) is 0 Å². The molecule has 2 N–H and O–H groups in total. The number of rotatable bonds is 4. The number of hydrogen-bond acceptors (Lipinski definition) is 3. The molecule has 3 atom stereocenters. The molecular weight excluding hydrogens is 238 g/mol. The molecule has 0 radical (unpaired) electrons. The minimum absolute atomic E-state index is 0.354. The van der Waals surface area contributed by atoms with Gasteiger partial charge in [-0.1, -0.05) is 6.92 Å². The molecule has 3 aliphatic rings. The van der Waals surface area contributed by atoms with Crippen LogP contribution in [-0.2, 0) is 4.79 Å². The standard InChI is InChI=1S/C15H27N3O/c1-2-14(10-16)17-3-5-18(6-4-17)15(19)13-8-11-7-12(11)9-13/h11-14H,2-10,16H2,1H3. The van der Waals surface area contributed by atoms with Gasteiger partial charge in [0.25, 0.3) is 0 Å². The zero-order chi connectivity index (χ0) is 13.4. The fourth-order valence-corrected chi connectivity index (χ4v) is 4.06. The maximum Gasteiger partial charge on any atom is 0.225 e. The number of carbonyl (C=O) groups is 1.